The van der Waals surface area contributed by atoms with Crippen LogP contribution < -0.4 is 5.32 Å². The van der Waals surface area contributed by atoms with Gasteiger partial charge in [-0.15, -0.1) is 0 Å². The number of benzene rings is 1. The fraction of sp³-hybridized carbons (Fsp3) is 0.692. The Labute approximate surface area is 191 Å². The van der Waals surface area contributed by atoms with Crippen molar-refractivity contribution in [2.24, 2.45) is 23.2 Å². The zero-order valence-corrected chi connectivity index (χ0v) is 19.0. The van der Waals surface area contributed by atoms with Crippen LogP contribution in [0.3, 0.4) is 0 Å². The molecule has 4 bridgehead atoms. The highest BCUT2D eigenvalue weighted by atomic mass is 16.6. The van der Waals surface area contributed by atoms with Crippen LogP contribution in [-0.2, 0) is 25.6 Å². The van der Waals surface area contributed by atoms with Crippen molar-refractivity contribution in [3.05, 3.63) is 35.9 Å². The fourth-order valence-corrected chi connectivity index (χ4v) is 6.98. The van der Waals surface area contributed by atoms with Gasteiger partial charge in [-0.25, -0.2) is 0 Å². The lowest BCUT2D eigenvalue weighted by Crippen LogP contribution is -2.53. The van der Waals surface area contributed by atoms with Gasteiger partial charge in [0.2, 0.25) is 5.91 Å². The maximum atomic E-state index is 13.0. The van der Waals surface area contributed by atoms with Crippen molar-refractivity contribution < 1.29 is 19.1 Å². The fourth-order valence-electron chi connectivity index (χ4n) is 6.98. The van der Waals surface area contributed by atoms with Gasteiger partial charge in [-0.3, -0.25) is 14.5 Å². The van der Waals surface area contributed by atoms with E-state index in [-0.39, 0.29) is 36.4 Å². The largest absolute Gasteiger partial charge is 0.463 e. The molecule has 4 aliphatic carbocycles. The van der Waals surface area contributed by atoms with Crippen LogP contribution in [0, 0.1) is 23.2 Å². The van der Waals surface area contributed by atoms with Crippen molar-refractivity contribution in [2.45, 2.75) is 57.6 Å². The average Bonchev–Trinajstić information content (AvgIpc) is 2.78. The number of nitrogens with one attached hydrogen (secondary N) is 1. The summed E-state index contributed by atoms with van der Waals surface area (Å²) in [5.41, 5.74) is 1.12. The van der Waals surface area contributed by atoms with E-state index in [1.54, 1.807) is 0 Å². The first-order valence-corrected chi connectivity index (χ1v) is 12.4. The number of morpholine rings is 1. The normalized spacial score (nSPS) is 33.8. The van der Waals surface area contributed by atoms with Crippen molar-refractivity contribution >= 4 is 11.9 Å². The molecule has 174 valence electrons. The second-order valence-electron chi connectivity index (χ2n) is 10.6. The lowest BCUT2D eigenvalue weighted by atomic mass is 9.49. The van der Waals surface area contributed by atoms with E-state index < -0.39 is 0 Å². The molecule has 1 aromatic rings. The summed E-state index contributed by atoms with van der Waals surface area (Å²) < 4.78 is 11.3. The van der Waals surface area contributed by atoms with E-state index in [2.05, 4.69) is 34.5 Å². The van der Waals surface area contributed by atoms with Crippen LogP contribution >= 0.6 is 0 Å². The summed E-state index contributed by atoms with van der Waals surface area (Å²) >= 11 is 0. The highest BCUT2D eigenvalue weighted by Crippen LogP contribution is 2.60. The van der Waals surface area contributed by atoms with E-state index in [0.29, 0.717) is 13.2 Å². The Morgan fingerprint density at radius 3 is 2.44 bits per heavy atom. The Hall–Kier alpha value is -1.92. The van der Waals surface area contributed by atoms with Crippen molar-refractivity contribution in [2.75, 3.05) is 32.8 Å². The predicted octanol–water partition coefficient (Wildman–Crippen LogP) is 3.15. The predicted molar refractivity (Wildman–Crippen MR) is 121 cm³/mol. The van der Waals surface area contributed by atoms with Crippen molar-refractivity contribution in [3.63, 3.8) is 0 Å². The molecule has 1 aliphatic heterocycles. The molecule has 4 saturated carbocycles. The molecule has 1 heterocycles. The zero-order valence-electron chi connectivity index (χ0n) is 19.0. The number of carbonyl (C=O) groups is 2. The molecule has 0 aromatic heterocycles. The molecule has 1 unspecified atom stereocenters. The maximum Gasteiger partial charge on any atom is 0.307 e. The summed E-state index contributed by atoms with van der Waals surface area (Å²) in [7, 11) is 0. The topological polar surface area (TPSA) is 67.9 Å². The molecule has 5 aliphatic rings. The highest BCUT2D eigenvalue weighted by Gasteiger charge is 2.54. The molecule has 1 amide bonds. The number of carbonyl (C=O) groups excluding carboxylic acids is 2. The highest BCUT2D eigenvalue weighted by molar-refractivity contribution is 5.83. The Bertz CT molecular complexity index is 776. The molecule has 0 spiro atoms. The van der Waals surface area contributed by atoms with Crippen LogP contribution in [0.1, 0.15) is 50.5 Å². The van der Waals surface area contributed by atoms with E-state index in [4.69, 9.17) is 9.47 Å². The third kappa shape index (κ3) is 5.01. The van der Waals surface area contributed by atoms with E-state index in [1.165, 1.54) is 24.8 Å². The molecule has 6 nitrogen and oxygen atoms in total. The van der Waals surface area contributed by atoms with Gasteiger partial charge >= 0.3 is 5.97 Å². The summed E-state index contributed by atoms with van der Waals surface area (Å²) in [4.78, 5) is 27.6. The van der Waals surface area contributed by atoms with Crippen LogP contribution in [0.4, 0.5) is 0 Å². The van der Waals surface area contributed by atoms with Gasteiger partial charge in [0.15, 0.2) is 0 Å². The molecule has 5 fully saturated rings. The Morgan fingerprint density at radius 1 is 1.06 bits per heavy atom. The summed E-state index contributed by atoms with van der Waals surface area (Å²) in [5.74, 6) is 2.15. The molecule has 1 atom stereocenters. The van der Waals surface area contributed by atoms with Crippen molar-refractivity contribution in [1.82, 2.24) is 10.2 Å². The SMILES string of the molecule is O=C(CCNC(=O)C12CC3CC(CC(C3)C1)C2)OCC1CN(Cc2ccccc2)CCO1. The lowest BCUT2D eigenvalue weighted by Gasteiger charge is -2.55. The third-order valence-corrected chi connectivity index (χ3v) is 8.04. The molecule has 32 heavy (non-hydrogen) atoms. The number of nitrogens with zero attached hydrogens (tertiary/aromatic N) is 1. The zero-order chi connectivity index (χ0) is 22.0. The summed E-state index contributed by atoms with van der Waals surface area (Å²) in [6, 6.07) is 10.4. The Kier molecular flexibility index (Phi) is 6.51. The minimum absolute atomic E-state index is 0.0990. The molecule has 1 N–H and O–H groups in total. The monoisotopic (exact) mass is 440 g/mol. The average molecular weight is 441 g/mol. The smallest absolute Gasteiger partial charge is 0.307 e. The first kappa shape index (κ1) is 21.9. The Morgan fingerprint density at radius 2 is 1.75 bits per heavy atom. The molecular weight excluding hydrogens is 404 g/mol. The Balaban J connectivity index is 1.01. The lowest BCUT2D eigenvalue weighted by molar-refractivity contribution is -0.151. The van der Waals surface area contributed by atoms with E-state index >= 15 is 0 Å². The summed E-state index contributed by atoms with van der Waals surface area (Å²) in [6.07, 6.45) is 7.24. The molecule has 6 rings (SSSR count). The van der Waals surface area contributed by atoms with Crippen LogP contribution in [0.5, 0.6) is 0 Å². The van der Waals surface area contributed by atoms with Crippen LogP contribution in [0.15, 0.2) is 30.3 Å². The van der Waals surface area contributed by atoms with Gasteiger partial charge < -0.3 is 14.8 Å². The second kappa shape index (κ2) is 9.52. The number of hydrogen-bond donors (Lipinski definition) is 1. The second-order valence-corrected chi connectivity index (χ2v) is 10.6. The summed E-state index contributed by atoms with van der Waals surface area (Å²) in [6.45, 7) is 3.81. The van der Waals surface area contributed by atoms with Crippen molar-refractivity contribution in [3.8, 4) is 0 Å². The number of amides is 1. The van der Waals surface area contributed by atoms with Crippen molar-refractivity contribution in [1.29, 1.82) is 0 Å². The molecule has 1 saturated heterocycles. The molecule has 1 aromatic carbocycles. The third-order valence-electron chi connectivity index (χ3n) is 8.04. The van der Waals surface area contributed by atoms with E-state index in [0.717, 1.165) is 56.7 Å². The molecule has 6 heteroatoms. The summed E-state index contributed by atoms with van der Waals surface area (Å²) in [5, 5.41) is 3.06. The van der Waals surface area contributed by atoms with Gasteiger partial charge in [-0.1, -0.05) is 30.3 Å². The van der Waals surface area contributed by atoms with Gasteiger partial charge in [0.05, 0.1) is 13.0 Å². The van der Waals surface area contributed by atoms with Crippen LogP contribution in [-0.4, -0.2) is 55.7 Å². The van der Waals surface area contributed by atoms with Gasteiger partial charge in [0, 0.05) is 31.6 Å². The van der Waals surface area contributed by atoms with E-state index in [1.807, 2.05) is 6.07 Å². The van der Waals surface area contributed by atoms with Gasteiger partial charge in [-0.05, 0) is 61.8 Å². The van der Waals surface area contributed by atoms with Gasteiger partial charge in [0.25, 0.3) is 0 Å². The van der Waals surface area contributed by atoms with Gasteiger partial charge in [0.1, 0.15) is 12.7 Å². The van der Waals surface area contributed by atoms with Crippen LogP contribution in [0.2, 0.25) is 0 Å². The maximum absolute atomic E-state index is 13.0. The minimum Gasteiger partial charge on any atom is -0.463 e. The molecule has 0 radical (unpaired) electrons. The van der Waals surface area contributed by atoms with Crippen LogP contribution in [0.25, 0.3) is 0 Å². The number of hydrogen-bond acceptors (Lipinski definition) is 5. The number of rotatable bonds is 8. The molecular formula is C26H36N2O4. The number of ether oxygens (including phenoxy) is 2. The first-order chi connectivity index (χ1) is 15.6. The standard InChI is InChI=1S/C26H36N2O4/c29-24(32-18-23-17-28(8-9-31-23)16-19-4-2-1-3-5-19)6-7-27-25(30)26-13-20-10-21(14-26)12-22(11-20)15-26/h1-5,20-23H,6-18H2,(H,27,30). The first-order valence-electron chi connectivity index (χ1n) is 12.4. The minimum atomic E-state index is -0.264. The van der Waals surface area contributed by atoms with E-state index in [9.17, 15) is 9.59 Å². The quantitative estimate of drug-likeness (QED) is 0.629. The number of esters is 1. The van der Waals surface area contributed by atoms with Gasteiger partial charge in [-0.2, -0.15) is 0 Å².